The normalized spacial score (nSPS) is 16.1. The number of benzene rings is 2. The molecule has 5 aromatic rings. The van der Waals surface area contributed by atoms with Gasteiger partial charge in [0.1, 0.15) is 5.58 Å². The van der Waals surface area contributed by atoms with E-state index in [0.29, 0.717) is 0 Å². The van der Waals surface area contributed by atoms with Crippen LogP contribution in [-0.4, -0.2) is 9.97 Å². The standard InChI is InChI=1S/C30H26N2O/c1-17-10-11-21-23-15-22-20-8-4-5-9-24(20)30(12-6-7-13-30)28(22)32-29(23)33-27(21)26(17)25-14-18(2)19(3)16-31-25/h4-5,8-11,14-16H,6-7,12-13H2,1-3H3. The highest BCUT2D eigenvalue weighted by atomic mass is 16.3. The summed E-state index contributed by atoms with van der Waals surface area (Å²) in [6.07, 6.45) is 6.82. The first kappa shape index (κ1) is 19.0. The van der Waals surface area contributed by atoms with Crippen molar-refractivity contribution in [3.05, 3.63) is 82.7 Å². The van der Waals surface area contributed by atoms with Gasteiger partial charge in [0.15, 0.2) is 0 Å². The van der Waals surface area contributed by atoms with E-state index in [2.05, 4.69) is 69.3 Å². The van der Waals surface area contributed by atoms with Crippen molar-refractivity contribution >= 4 is 22.1 Å². The van der Waals surface area contributed by atoms with E-state index in [-0.39, 0.29) is 5.41 Å². The van der Waals surface area contributed by atoms with Gasteiger partial charge in [-0.2, -0.15) is 0 Å². The van der Waals surface area contributed by atoms with Gasteiger partial charge in [-0.3, -0.25) is 4.98 Å². The Hall–Kier alpha value is -3.46. The Balaban J connectivity index is 1.54. The predicted octanol–water partition coefficient (Wildman–Crippen LogP) is 7.81. The summed E-state index contributed by atoms with van der Waals surface area (Å²) in [5.74, 6) is 0. The molecule has 2 aliphatic rings. The lowest BCUT2D eigenvalue weighted by molar-refractivity contribution is 0.530. The summed E-state index contributed by atoms with van der Waals surface area (Å²) >= 11 is 0. The third-order valence-corrected chi connectivity index (χ3v) is 8.11. The summed E-state index contributed by atoms with van der Waals surface area (Å²) in [5.41, 5.74) is 12.6. The van der Waals surface area contributed by atoms with Crippen molar-refractivity contribution in [2.24, 2.45) is 0 Å². The number of hydrogen-bond acceptors (Lipinski definition) is 3. The Morgan fingerprint density at radius 3 is 2.45 bits per heavy atom. The van der Waals surface area contributed by atoms with E-state index in [1.165, 1.54) is 64.8 Å². The monoisotopic (exact) mass is 430 g/mol. The van der Waals surface area contributed by atoms with Crippen molar-refractivity contribution in [3.8, 4) is 22.4 Å². The topological polar surface area (TPSA) is 38.9 Å². The first-order chi connectivity index (χ1) is 16.1. The predicted molar refractivity (Wildman–Crippen MR) is 134 cm³/mol. The van der Waals surface area contributed by atoms with Crippen LogP contribution in [0.1, 0.15) is 53.6 Å². The maximum Gasteiger partial charge on any atom is 0.227 e. The van der Waals surface area contributed by atoms with Crippen LogP contribution >= 0.6 is 0 Å². The first-order valence-corrected chi connectivity index (χ1v) is 12.0. The second kappa shape index (κ2) is 6.54. The molecule has 0 unspecified atom stereocenters. The van der Waals surface area contributed by atoms with Crippen molar-refractivity contribution in [3.63, 3.8) is 0 Å². The van der Waals surface area contributed by atoms with Crippen molar-refractivity contribution in [2.75, 3.05) is 0 Å². The molecule has 3 aromatic heterocycles. The lowest BCUT2D eigenvalue weighted by atomic mass is 9.79. The Morgan fingerprint density at radius 1 is 0.818 bits per heavy atom. The molecule has 0 bridgehead atoms. The fraction of sp³-hybridized carbons (Fsp3) is 0.267. The molecule has 1 fully saturated rings. The Morgan fingerprint density at radius 2 is 1.64 bits per heavy atom. The molecule has 0 radical (unpaired) electrons. The highest BCUT2D eigenvalue weighted by molar-refractivity contribution is 6.10. The van der Waals surface area contributed by atoms with Crippen LogP contribution in [0, 0.1) is 20.8 Å². The van der Waals surface area contributed by atoms with Crippen LogP contribution in [0.3, 0.4) is 0 Å². The number of fused-ring (bicyclic) bond motifs is 8. The van der Waals surface area contributed by atoms with Crippen LogP contribution in [0.4, 0.5) is 0 Å². The van der Waals surface area contributed by atoms with Gasteiger partial charge in [0.05, 0.1) is 11.4 Å². The Labute approximate surface area is 193 Å². The second-order valence-corrected chi connectivity index (χ2v) is 9.96. The number of rotatable bonds is 1. The second-order valence-electron chi connectivity index (χ2n) is 9.96. The van der Waals surface area contributed by atoms with Crippen molar-refractivity contribution < 1.29 is 4.42 Å². The molecule has 2 aromatic carbocycles. The number of nitrogens with zero attached hydrogens (tertiary/aromatic N) is 2. The van der Waals surface area contributed by atoms with Crippen LogP contribution in [0.2, 0.25) is 0 Å². The average molecular weight is 431 g/mol. The van der Waals surface area contributed by atoms with Crippen LogP contribution < -0.4 is 0 Å². The molecular formula is C30H26N2O. The lowest BCUT2D eigenvalue weighted by Gasteiger charge is -2.24. The van der Waals surface area contributed by atoms with E-state index in [0.717, 1.165) is 33.3 Å². The lowest BCUT2D eigenvalue weighted by Crippen LogP contribution is -2.21. The summed E-state index contributed by atoms with van der Waals surface area (Å²) in [5, 5.41) is 2.21. The fourth-order valence-corrected chi connectivity index (χ4v) is 6.26. The molecule has 0 N–H and O–H groups in total. The van der Waals surface area contributed by atoms with E-state index >= 15 is 0 Å². The minimum Gasteiger partial charge on any atom is -0.437 e. The zero-order chi connectivity index (χ0) is 22.3. The molecule has 3 heterocycles. The number of hydrogen-bond donors (Lipinski definition) is 0. The molecule has 0 aliphatic heterocycles. The summed E-state index contributed by atoms with van der Waals surface area (Å²) in [6.45, 7) is 6.37. The first-order valence-electron chi connectivity index (χ1n) is 12.0. The Kier molecular flexibility index (Phi) is 3.77. The van der Waals surface area contributed by atoms with Crippen molar-refractivity contribution in [1.82, 2.24) is 9.97 Å². The average Bonchev–Trinajstić information content (AvgIpc) is 3.51. The minimum absolute atomic E-state index is 0.0491. The zero-order valence-electron chi connectivity index (χ0n) is 19.3. The molecule has 33 heavy (non-hydrogen) atoms. The van der Waals surface area contributed by atoms with Gasteiger partial charge >= 0.3 is 0 Å². The van der Waals surface area contributed by atoms with E-state index in [4.69, 9.17) is 14.4 Å². The van der Waals surface area contributed by atoms with E-state index in [1.807, 2.05) is 6.20 Å². The molecule has 0 saturated heterocycles. The van der Waals surface area contributed by atoms with Gasteiger partial charge in [-0.1, -0.05) is 49.2 Å². The van der Waals surface area contributed by atoms with Gasteiger partial charge in [0.2, 0.25) is 5.71 Å². The number of aromatic nitrogens is 2. The van der Waals surface area contributed by atoms with Crippen LogP contribution in [0.25, 0.3) is 44.5 Å². The van der Waals surface area contributed by atoms with Gasteiger partial charge in [-0.15, -0.1) is 0 Å². The maximum atomic E-state index is 6.56. The third-order valence-electron chi connectivity index (χ3n) is 8.11. The highest BCUT2D eigenvalue weighted by Crippen LogP contribution is 2.56. The van der Waals surface area contributed by atoms with Gasteiger partial charge < -0.3 is 4.42 Å². The molecule has 162 valence electrons. The van der Waals surface area contributed by atoms with Crippen LogP contribution in [0.15, 0.2) is 59.1 Å². The van der Waals surface area contributed by atoms with Crippen molar-refractivity contribution in [1.29, 1.82) is 0 Å². The van der Waals surface area contributed by atoms with E-state index in [9.17, 15) is 0 Å². The maximum absolute atomic E-state index is 6.56. The SMILES string of the molecule is Cc1cnc(-c2c(C)ccc3c2oc2nc4c(cc23)-c2ccccc2C42CCCC2)cc1C. The molecule has 7 rings (SSSR count). The Bertz CT molecular complexity index is 1600. The molecule has 3 heteroatoms. The van der Waals surface area contributed by atoms with Crippen molar-refractivity contribution in [2.45, 2.75) is 51.9 Å². The third kappa shape index (κ3) is 2.45. The van der Waals surface area contributed by atoms with E-state index in [1.54, 1.807) is 0 Å². The van der Waals surface area contributed by atoms with Crippen LogP contribution in [0.5, 0.6) is 0 Å². The minimum atomic E-state index is 0.0491. The zero-order valence-corrected chi connectivity index (χ0v) is 19.3. The highest BCUT2D eigenvalue weighted by Gasteiger charge is 2.46. The smallest absolute Gasteiger partial charge is 0.227 e. The summed E-state index contributed by atoms with van der Waals surface area (Å²) in [7, 11) is 0. The molecule has 3 nitrogen and oxygen atoms in total. The largest absolute Gasteiger partial charge is 0.437 e. The molecular weight excluding hydrogens is 404 g/mol. The molecule has 0 amide bonds. The molecule has 1 spiro atoms. The molecule has 2 aliphatic carbocycles. The fourth-order valence-electron chi connectivity index (χ4n) is 6.26. The number of aryl methyl sites for hydroxylation is 3. The van der Waals surface area contributed by atoms with Gasteiger partial charge in [0.25, 0.3) is 0 Å². The quantitative estimate of drug-likeness (QED) is 0.272. The van der Waals surface area contributed by atoms with E-state index < -0.39 is 0 Å². The number of furan rings is 1. The summed E-state index contributed by atoms with van der Waals surface area (Å²) in [4.78, 5) is 10.0. The van der Waals surface area contributed by atoms with Gasteiger partial charge in [-0.25, -0.2) is 4.98 Å². The summed E-state index contributed by atoms with van der Waals surface area (Å²) in [6, 6.07) is 17.8. The molecule has 0 atom stereocenters. The summed E-state index contributed by atoms with van der Waals surface area (Å²) < 4.78 is 6.56. The van der Waals surface area contributed by atoms with Crippen LogP contribution in [-0.2, 0) is 5.41 Å². The molecule has 1 saturated carbocycles. The number of pyridine rings is 2. The van der Waals surface area contributed by atoms with Gasteiger partial charge in [0, 0.05) is 33.5 Å². The van der Waals surface area contributed by atoms with Gasteiger partial charge in [-0.05, 0) is 73.6 Å².